The number of sulfonamides is 1. The number of rotatable bonds is 3. The smallest absolute Gasteiger partial charge is 0.254 e. The average molecular weight is 384 g/mol. The molecule has 3 saturated heterocycles. The van der Waals surface area contributed by atoms with E-state index in [-0.39, 0.29) is 29.1 Å². The molecule has 4 rings (SSSR count). The second-order valence-electron chi connectivity index (χ2n) is 6.93. The summed E-state index contributed by atoms with van der Waals surface area (Å²) in [5.41, 5.74) is 0.394. The summed E-state index contributed by atoms with van der Waals surface area (Å²) >= 11 is 0. The lowest BCUT2D eigenvalue weighted by molar-refractivity contribution is 0.0746. The molecule has 1 aromatic rings. The number of nitrogens with zero attached hydrogens (tertiary/aromatic N) is 2. The van der Waals surface area contributed by atoms with Gasteiger partial charge in [-0.1, -0.05) is 0 Å². The molecule has 3 fully saturated rings. The number of likely N-dealkylation sites (tertiary alicyclic amines) is 1. The second-order valence-corrected chi connectivity index (χ2v) is 11.2. The first-order valence-electron chi connectivity index (χ1n) is 8.42. The Bertz CT molecular complexity index is 902. The molecule has 0 saturated carbocycles. The van der Waals surface area contributed by atoms with Crippen molar-refractivity contribution in [1.29, 1.82) is 0 Å². The number of carbonyl (C=O) groups is 1. The van der Waals surface area contributed by atoms with E-state index < -0.39 is 25.1 Å². The Morgan fingerprint density at radius 1 is 1.08 bits per heavy atom. The summed E-state index contributed by atoms with van der Waals surface area (Å²) in [4.78, 5) is 14.4. The van der Waals surface area contributed by atoms with Crippen LogP contribution in [0.3, 0.4) is 0 Å². The van der Waals surface area contributed by atoms with Crippen LogP contribution in [0.4, 0.5) is 0 Å². The van der Waals surface area contributed by atoms with Gasteiger partial charge in [0.2, 0.25) is 10.0 Å². The highest BCUT2D eigenvalue weighted by molar-refractivity contribution is 7.92. The fourth-order valence-electron chi connectivity index (χ4n) is 3.96. The van der Waals surface area contributed by atoms with Gasteiger partial charge in [0.25, 0.3) is 5.91 Å². The maximum absolute atomic E-state index is 12.6. The van der Waals surface area contributed by atoms with Gasteiger partial charge >= 0.3 is 0 Å². The van der Waals surface area contributed by atoms with Gasteiger partial charge < -0.3 is 4.90 Å². The highest BCUT2D eigenvalue weighted by Crippen LogP contribution is 2.34. The molecule has 3 aliphatic rings. The van der Waals surface area contributed by atoms with Gasteiger partial charge in [-0.2, -0.15) is 4.31 Å². The summed E-state index contributed by atoms with van der Waals surface area (Å²) in [5, 5.41) is -0.448. The van der Waals surface area contributed by atoms with Gasteiger partial charge in [0.05, 0.1) is 15.9 Å². The molecular formula is C16H20N2O5S2. The minimum Gasteiger partial charge on any atom is -0.333 e. The quantitative estimate of drug-likeness (QED) is 0.756. The molecule has 0 spiro atoms. The highest BCUT2D eigenvalue weighted by atomic mass is 32.2. The van der Waals surface area contributed by atoms with Gasteiger partial charge in [0, 0.05) is 31.2 Å². The maximum atomic E-state index is 12.6. The first-order valence-corrected chi connectivity index (χ1v) is 11.6. The van der Waals surface area contributed by atoms with E-state index in [1.807, 2.05) is 0 Å². The average Bonchev–Trinajstić information content (AvgIpc) is 3.29. The van der Waals surface area contributed by atoms with Gasteiger partial charge in [-0.25, -0.2) is 16.8 Å². The number of amides is 1. The Morgan fingerprint density at radius 3 is 2.24 bits per heavy atom. The first-order chi connectivity index (χ1) is 11.8. The van der Waals surface area contributed by atoms with Crippen molar-refractivity contribution in [3.63, 3.8) is 0 Å². The molecule has 25 heavy (non-hydrogen) atoms. The Kier molecular flexibility index (Phi) is 3.93. The fraction of sp³-hybridized carbons (Fsp3) is 0.562. The van der Waals surface area contributed by atoms with Gasteiger partial charge in [0.1, 0.15) is 0 Å². The number of hydrogen-bond donors (Lipinski definition) is 0. The molecule has 2 unspecified atom stereocenters. The third-order valence-electron chi connectivity index (χ3n) is 5.37. The van der Waals surface area contributed by atoms with Crippen molar-refractivity contribution in [2.75, 3.05) is 25.4 Å². The van der Waals surface area contributed by atoms with Crippen LogP contribution in [0.15, 0.2) is 29.2 Å². The third-order valence-corrected chi connectivity index (χ3v) is 9.49. The van der Waals surface area contributed by atoms with Crippen molar-refractivity contribution in [2.45, 2.75) is 35.4 Å². The zero-order valence-electron chi connectivity index (χ0n) is 13.7. The molecule has 136 valence electrons. The molecule has 0 N–H and O–H groups in total. The molecule has 7 nitrogen and oxygen atoms in total. The summed E-state index contributed by atoms with van der Waals surface area (Å²) in [6.07, 6.45) is 2.25. The van der Waals surface area contributed by atoms with E-state index in [2.05, 4.69) is 0 Å². The largest absolute Gasteiger partial charge is 0.333 e. The molecule has 2 atom stereocenters. The normalized spacial score (nSPS) is 28.6. The van der Waals surface area contributed by atoms with Crippen LogP contribution in [0.25, 0.3) is 0 Å². The number of carbonyl (C=O) groups excluding carboxylic acids is 1. The van der Waals surface area contributed by atoms with Crippen molar-refractivity contribution >= 4 is 25.8 Å². The van der Waals surface area contributed by atoms with Crippen LogP contribution < -0.4 is 0 Å². The summed E-state index contributed by atoms with van der Waals surface area (Å²) in [7, 11) is -6.55. The van der Waals surface area contributed by atoms with Crippen LogP contribution >= 0.6 is 0 Å². The van der Waals surface area contributed by atoms with Crippen molar-refractivity contribution < 1.29 is 21.6 Å². The predicted octanol–water partition coefficient (Wildman–Crippen LogP) is 0.483. The van der Waals surface area contributed by atoms with Crippen LogP contribution in [0, 0.1) is 0 Å². The van der Waals surface area contributed by atoms with E-state index in [9.17, 15) is 21.6 Å². The van der Waals surface area contributed by atoms with E-state index in [1.54, 1.807) is 4.90 Å². The molecule has 3 heterocycles. The standard InChI is InChI=1S/C16H20N2O5S2/c19-16(18-10-15-9-13(18)11-24(15,20)21)12-3-5-14(6-4-12)25(22,23)17-7-1-2-8-17/h3-6,13,15H,1-2,7-11H2. The summed E-state index contributed by atoms with van der Waals surface area (Å²) in [6.45, 7) is 1.31. The summed E-state index contributed by atoms with van der Waals surface area (Å²) < 4.78 is 50.1. The lowest BCUT2D eigenvalue weighted by Crippen LogP contribution is -2.44. The molecule has 2 bridgehead atoms. The Labute approximate surface area is 147 Å². The van der Waals surface area contributed by atoms with Crippen LogP contribution in [0.5, 0.6) is 0 Å². The number of fused-ring (bicyclic) bond motifs is 2. The first kappa shape index (κ1) is 17.0. The van der Waals surface area contributed by atoms with Crippen LogP contribution in [0.1, 0.15) is 29.6 Å². The van der Waals surface area contributed by atoms with Crippen LogP contribution in [-0.4, -0.2) is 68.6 Å². The SMILES string of the molecule is O=C(c1ccc(S(=O)(=O)N2CCCC2)cc1)N1CC2CC1CS2(=O)=O. The number of sulfone groups is 1. The summed E-state index contributed by atoms with van der Waals surface area (Å²) in [6, 6.07) is 5.71. The van der Waals surface area contributed by atoms with E-state index in [0.717, 1.165) is 12.8 Å². The van der Waals surface area contributed by atoms with E-state index in [4.69, 9.17) is 0 Å². The van der Waals surface area contributed by atoms with Crippen molar-refractivity contribution in [3.05, 3.63) is 29.8 Å². The van der Waals surface area contributed by atoms with E-state index in [0.29, 0.717) is 25.1 Å². The van der Waals surface area contributed by atoms with E-state index in [1.165, 1.54) is 28.6 Å². The molecule has 9 heteroatoms. The zero-order chi connectivity index (χ0) is 17.8. The Hall–Kier alpha value is -1.45. The Morgan fingerprint density at radius 2 is 1.72 bits per heavy atom. The lowest BCUT2D eigenvalue weighted by atomic mass is 10.2. The minimum absolute atomic E-state index is 0.0326. The molecule has 0 aliphatic carbocycles. The minimum atomic E-state index is -3.49. The van der Waals surface area contributed by atoms with Crippen molar-refractivity contribution in [3.8, 4) is 0 Å². The molecule has 0 aromatic heterocycles. The maximum Gasteiger partial charge on any atom is 0.254 e. The predicted molar refractivity (Wildman–Crippen MR) is 91.5 cm³/mol. The molecule has 3 aliphatic heterocycles. The van der Waals surface area contributed by atoms with Crippen molar-refractivity contribution in [1.82, 2.24) is 9.21 Å². The fourth-order valence-corrected chi connectivity index (χ4v) is 7.50. The number of hydrogen-bond acceptors (Lipinski definition) is 5. The van der Waals surface area contributed by atoms with Crippen LogP contribution in [-0.2, 0) is 19.9 Å². The van der Waals surface area contributed by atoms with Gasteiger partial charge in [-0.05, 0) is 43.5 Å². The molecule has 1 aromatic carbocycles. The lowest BCUT2D eigenvalue weighted by Gasteiger charge is -2.27. The van der Waals surface area contributed by atoms with Gasteiger partial charge in [-0.3, -0.25) is 4.79 Å². The Balaban J connectivity index is 1.52. The van der Waals surface area contributed by atoms with Crippen LogP contribution in [0.2, 0.25) is 0 Å². The van der Waals surface area contributed by atoms with Crippen molar-refractivity contribution in [2.24, 2.45) is 0 Å². The van der Waals surface area contributed by atoms with Gasteiger partial charge in [-0.15, -0.1) is 0 Å². The molecular weight excluding hydrogens is 364 g/mol. The monoisotopic (exact) mass is 384 g/mol. The third kappa shape index (κ3) is 2.78. The van der Waals surface area contributed by atoms with E-state index >= 15 is 0 Å². The highest BCUT2D eigenvalue weighted by Gasteiger charge is 2.50. The zero-order valence-corrected chi connectivity index (χ0v) is 15.3. The summed E-state index contributed by atoms with van der Waals surface area (Å²) in [5.74, 6) is -0.197. The second kappa shape index (κ2) is 5.78. The van der Waals surface area contributed by atoms with Gasteiger partial charge in [0.15, 0.2) is 9.84 Å². The molecule has 0 radical (unpaired) electrons. The number of benzene rings is 1. The molecule has 1 amide bonds. The topological polar surface area (TPSA) is 91.8 Å².